The molecule has 2 aromatic rings. The third kappa shape index (κ3) is 7.76. The van der Waals surface area contributed by atoms with Gasteiger partial charge in [0.05, 0.1) is 13.2 Å². The average molecular weight is 559 g/mol. The van der Waals surface area contributed by atoms with Gasteiger partial charge in [0, 0.05) is 42.2 Å². The molecule has 6 nitrogen and oxygen atoms in total. The Morgan fingerprint density at radius 1 is 1.05 bits per heavy atom. The minimum atomic E-state index is -0.313. The highest BCUT2D eigenvalue weighted by atomic mass is 35.5. The van der Waals surface area contributed by atoms with Gasteiger partial charge in [-0.05, 0) is 53.0 Å². The van der Waals surface area contributed by atoms with Crippen molar-refractivity contribution in [2.75, 3.05) is 26.3 Å². The van der Waals surface area contributed by atoms with E-state index in [1.54, 1.807) is 0 Å². The summed E-state index contributed by atoms with van der Waals surface area (Å²) in [6, 6.07) is 11.6. The van der Waals surface area contributed by atoms with Crippen molar-refractivity contribution in [1.82, 2.24) is 4.90 Å². The van der Waals surface area contributed by atoms with Crippen LogP contribution in [-0.2, 0) is 10.8 Å². The van der Waals surface area contributed by atoms with Gasteiger partial charge in [-0.3, -0.25) is 10.2 Å². The Morgan fingerprint density at radius 3 is 2.10 bits per heavy atom. The monoisotopic (exact) mass is 558 g/mol. The Labute approximate surface area is 240 Å². The first kappa shape index (κ1) is 32.6. The number of rotatable bonds is 10. The van der Waals surface area contributed by atoms with E-state index in [2.05, 4.69) is 6.92 Å². The van der Waals surface area contributed by atoms with Crippen LogP contribution in [0.4, 0.5) is 0 Å². The van der Waals surface area contributed by atoms with Gasteiger partial charge in [-0.15, -0.1) is 12.4 Å². The van der Waals surface area contributed by atoms with E-state index >= 15 is 0 Å². The quantitative estimate of drug-likeness (QED) is 0.219. The fourth-order valence-electron chi connectivity index (χ4n) is 5.34. The van der Waals surface area contributed by atoms with Gasteiger partial charge in [-0.1, -0.05) is 67.0 Å². The first-order valence-corrected chi connectivity index (χ1v) is 13.9. The van der Waals surface area contributed by atoms with Crippen molar-refractivity contribution in [2.24, 2.45) is 5.92 Å². The molecule has 3 rings (SSSR count). The summed E-state index contributed by atoms with van der Waals surface area (Å²) in [7, 11) is 0. The summed E-state index contributed by atoms with van der Waals surface area (Å²) in [5, 5.41) is 29.1. The second-order valence-electron chi connectivity index (χ2n) is 12.6. The van der Waals surface area contributed by atoms with Crippen molar-refractivity contribution in [3.8, 4) is 11.5 Å². The number of aliphatic hydroxyl groups is 1. The van der Waals surface area contributed by atoms with Crippen molar-refractivity contribution in [3.05, 3.63) is 58.7 Å². The van der Waals surface area contributed by atoms with Crippen molar-refractivity contribution in [3.63, 3.8) is 0 Å². The number of halogens is 1. The third-order valence-electron chi connectivity index (χ3n) is 7.41. The van der Waals surface area contributed by atoms with E-state index in [0.29, 0.717) is 31.0 Å². The number of nitrogens with one attached hydrogen (secondary N) is 1. The maximum Gasteiger partial charge on any atom is 0.182 e. The molecule has 3 N–H and O–H groups in total. The number of ketones is 1. The number of ether oxygens (including phenoxy) is 1. The number of hydrogen-bond donors (Lipinski definition) is 3. The molecule has 7 heteroatoms. The number of likely N-dealkylation sites (tertiary alicyclic amines) is 1. The molecule has 0 spiro atoms. The number of carbonyl (C=O) groups is 1. The van der Waals surface area contributed by atoms with E-state index in [9.17, 15) is 9.90 Å². The number of aliphatic hydroxyl groups excluding tert-OH is 1. The number of phenols is 1. The van der Waals surface area contributed by atoms with Crippen molar-refractivity contribution >= 4 is 24.0 Å². The Bertz CT molecular complexity index is 1100. The Balaban J connectivity index is 0.00000533. The van der Waals surface area contributed by atoms with Gasteiger partial charge in [0.25, 0.3) is 0 Å². The number of nitrogens with zero attached hydrogens (tertiary/aromatic N) is 1. The molecule has 1 fully saturated rings. The summed E-state index contributed by atoms with van der Waals surface area (Å²) in [6.45, 7) is 15.8. The van der Waals surface area contributed by atoms with Crippen LogP contribution in [0, 0.1) is 11.3 Å². The van der Waals surface area contributed by atoms with Crippen molar-refractivity contribution in [2.45, 2.75) is 84.5 Å². The molecule has 1 heterocycles. The summed E-state index contributed by atoms with van der Waals surface area (Å²) in [4.78, 5) is 15.6. The van der Waals surface area contributed by atoms with Gasteiger partial charge >= 0.3 is 0 Å². The zero-order chi connectivity index (χ0) is 28.3. The van der Waals surface area contributed by atoms with E-state index in [0.717, 1.165) is 35.3 Å². The number of hydrogen-bond acceptors (Lipinski definition) is 5. The largest absolute Gasteiger partial charge is 0.507 e. The molecule has 2 aromatic carbocycles. The highest BCUT2D eigenvalue weighted by Crippen LogP contribution is 2.41. The number of amidine groups is 1. The van der Waals surface area contributed by atoms with E-state index in [1.165, 1.54) is 0 Å². The fraction of sp³-hybridized carbons (Fsp3) is 0.562. The number of benzene rings is 2. The van der Waals surface area contributed by atoms with Gasteiger partial charge in [0.2, 0.25) is 0 Å². The SMILES string of the molecule is CCC[C@H]1CN(CC(=O)c2cc(C(C)(C)C)c(O)c(C(C)(C)C)c2)C(=N)[C@@H]1c1ccc(OCCCO)cc1.Cl. The molecular weight excluding hydrogens is 512 g/mol. The summed E-state index contributed by atoms with van der Waals surface area (Å²) in [5.41, 5.74) is 2.57. The minimum absolute atomic E-state index is 0. The van der Waals surface area contributed by atoms with Crippen LogP contribution in [0.5, 0.6) is 11.5 Å². The van der Waals surface area contributed by atoms with E-state index in [-0.39, 0.29) is 59.8 Å². The number of carbonyl (C=O) groups excluding carboxylic acids is 1. The van der Waals surface area contributed by atoms with Crippen LogP contribution in [0.3, 0.4) is 0 Å². The van der Waals surface area contributed by atoms with E-state index < -0.39 is 0 Å². The number of aromatic hydroxyl groups is 1. The maximum absolute atomic E-state index is 13.6. The predicted molar refractivity (Wildman–Crippen MR) is 161 cm³/mol. The standard InChI is InChI=1S/C32H46N2O4.ClH/c1-8-10-22-19-34(30(33)28(22)21-11-13-24(14-12-21)38-16-9-15-35)20-27(36)23-17-25(31(2,3)4)29(37)26(18-23)32(5,6)7;/h11-14,17-18,22,28,33,35,37H,8-10,15-16,19-20H2,1-7H3;1H/t22-,28+;/m0./s1. The maximum atomic E-state index is 13.6. The first-order chi connectivity index (χ1) is 17.8. The lowest BCUT2D eigenvalue weighted by molar-refractivity contribution is 0.0963. The summed E-state index contributed by atoms with van der Waals surface area (Å²) >= 11 is 0. The normalized spacial score (nSPS) is 17.7. The lowest BCUT2D eigenvalue weighted by Crippen LogP contribution is -2.32. The third-order valence-corrected chi connectivity index (χ3v) is 7.41. The molecule has 1 aliphatic heterocycles. The van der Waals surface area contributed by atoms with E-state index in [4.69, 9.17) is 15.3 Å². The molecule has 0 radical (unpaired) electrons. The van der Waals surface area contributed by atoms with Crippen LogP contribution >= 0.6 is 12.4 Å². The van der Waals surface area contributed by atoms with Gasteiger partial charge in [-0.25, -0.2) is 0 Å². The number of phenolic OH excluding ortho intramolecular Hbond substituents is 1. The van der Waals surface area contributed by atoms with Crippen LogP contribution < -0.4 is 4.74 Å². The van der Waals surface area contributed by atoms with Crippen LogP contribution in [-0.4, -0.2) is 53.0 Å². The minimum Gasteiger partial charge on any atom is -0.507 e. The topological polar surface area (TPSA) is 93.9 Å². The van der Waals surface area contributed by atoms with Gasteiger partial charge in [0.15, 0.2) is 5.78 Å². The lowest BCUT2D eigenvalue weighted by atomic mass is 9.78. The Morgan fingerprint density at radius 2 is 1.62 bits per heavy atom. The summed E-state index contributed by atoms with van der Waals surface area (Å²) < 4.78 is 5.68. The summed E-state index contributed by atoms with van der Waals surface area (Å²) in [6.07, 6.45) is 2.58. The molecule has 0 aliphatic carbocycles. The van der Waals surface area contributed by atoms with Gasteiger partial charge < -0.3 is 19.8 Å². The van der Waals surface area contributed by atoms with Gasteiger partial charge in [-0.2, -0.15) is 0 Å². The molecule has 0 aromatic heterocycles. The first-order valence-electron chi connectivity index (χ1n) is 13.9. The predicted octanol–water partition coefficient (Wildman–Crippen LogP) is 6.85. The zero-order valence-corrected chi connectivity index (χ0v) is 25.5. The van der Waals surface area contributed by atoms with Crippen LogP contribution in [0.1, 0.15) is 101 Å². The average Bonchev–Trinajstić information content (AvgIpc) is 3.13. The summed E-state index contributed by atoms with van der Waals surface area (Å²) in [5.74, 6) is 1.66. The molecule has 0 unspecified atom stereocenters. The second-order valence-corrected chi connectivity index (χ2v) is 12.6. The smallest absolute Gasteiger partial charge is 0.182 e. The Kier molecular flexibility index (Phi) is 11.0. The lowest BCUT2D eigenvalue weighted by Gasteiger charge is -2.28. The number of Topliss-reactive ketones (excluding diaryl/α,β-unsaturated/α-hetero) is 1. The van der Waals surface area contributed by atoms with E-state index in [1.807, 2.05) is 82.8 Å². The van der Waals surface area contributed by atoms with Crippen molar-refractivity contribution < 1.29 is 19.7 Å². The molecule has 2 atom stereocenters. The molecule has 0 saturated carbocycles. The van der Waals surface area contributed by atoms with Crippen LogP contribution in [0.2, 0.25) is 0 Å². The molecule has 39 heavy (non-hydrogen) atoms. The molecule has 1 saturated heterocycles. The van der Waals surface area contributed by atoms with Crippen molar-refractivity contribution in [1.29, 1.82) is 5.41 Å². The second kappa shape index (κ2) is 13.2. The highest BCUT2D eigenvalue weighted by molar-refractivity contribution is 6.01. The molecule has 1 aliphatic rings. The molecular formula is C32H47ClN2O4. The molecule has 216 valence electrons. The molecule has 0 amide bonds. The zero-order valence-electron chi connectivity index (χ0n) is 24.6. The van der Waals surface area contributed by atoms with Crippen LogP contribution in [0.25, 0.3) is 0 Å². The highest BCUT2D eigenvalue weighted by Gasteiger charge is 2.39. The fourth-order valence-corrected chi connectivity index (χ4v) is 5.34. The Hall–Kier alpha value is -2.57. The van der Waals surface area contributed by atoms with Gasteiger partial charge in [0.1, 0.15) is 17.3 Å². The molecule has 0 bridgehead atoms. The van der Waals surface area contributed by atoms with Crippen LogP contribution in [0.15, 0.2) is 36.4 Å².